The first-order valence-electron chi connectivity index (χ1n) is 8.08. The van der Waals surface area contributed by atoms with Crippen molar-refractivity contribution < 1.29 is 9.53 Å². The summed E-state index contributed by atoms with van der Waals surface area (Å²) in [6.45, 7) is 3.88. The highest BCUT2D eigenvalue weighted by Crippen LogP contribution is 2.28. The zero-order valence-corrected chi connectivity index (χ0v) is 13.7. The number of benzene rings is 1. The summed E-state index contributed by atoms with van der Waals surface area (Å²) >= 11 is 0. The summed E-state index contributed by atoms with van der Waals surface area (Å²) in [6.07, 6.45) is 2.13. The first-order chi connectivity index (χ1) is 11.2. The number of rotatable bonds is 3. The Kier molecular flexibility index (Phi) is 4.60. The SMILES string of the molecule is COc1ccccc1-c1cccc(C(=O)N2CCC(C)CC2)n1. The molecular weight excluding hydrogens is 288 g/mol. The molecule has 2 heterocycles. The summed E-state index contributed by atoms with van der Waals surface area (Å²) in [5.74, 6) is 1.48. The van der Waals surface area contributed by atoms with Crippen LogP contribution in [0.1, 0.15) is 30.3 Å². The number of nitrogens with zero attached hydrogens (tertiary/aromatic N) is 2. The lowest BCUT2D eigenvalue weighted by Gasteiger charge is -2.30. The van der Waals surface area contributed by atoms with Gasteiger partial charge in [-0.1, -0.05) is 25.1 Å². The number of pyridine rings is 1. The number of likely N-dealkylation sites (tertiary alicyclic amines) is 1. The normalized spacial score (nSPS) is 15.5. The van der Waals surface area contributed by atoms with Gasteiger partial charge in [-0.05, 0) is 43.0 Å². The molecule has 1 amide bonds. The third-order valence-corrected chi connectivity index (χ3v) is 4.42. The van der Waals surface area contributed by atoms with E-state index in [1.807, 2.05) is 41.3 Å². The number of piperidine rings is 1. The van der Waals surface area contributed by atoms with Crippen molar-refractivity contribution in [2.24, 2.45) is 5.92 Å². The van der Waals surface area contributed by atoms with Crippen molar-refractivity contribution in [1.82, 2.24) is 9.88 Å². The van der Waals surface area contributed by atoms with E-state index in [0.717, 1.165) is 42.9 Å². The van der Waals surface area contributed by atoms with Crippen LogP contribution >= 0.6 is 0 Å². The number of amides is 1. The minimum absolute atomic E-state index is 0.0219. The van der Waals surface area contributed by atoms with E-state index in [1.54, 1.807) is 13.2 Å². The molecule has 4 nitrogen and oxygen atoms in total. The Bertz CT molecular complexity index is 691. The molecule has 0 aliphatic carbocycles. The van der Waals surface area contributed by atoms with Gasteiger partial charge in [-0.25, -0.2) is 4.98 Å². The van der Waals surface area contributed by atoms with Gasteiger partial charge in [0, 0.05) is 18.7 Å². The molecule has 3 rings (SSSR count). The quantitative estimate of drug-likeness (QED) is 0.869. The van der Waals surface area contributed by atoms with Gasteiger partial charge in [0.15, 0.2) is 0 Å². The lowest BCUT2D eigenvalue weighted by atomic mass is 9.99. The monoisotopic (exact) mass is 310 g/mol. The molecule has 2 aromatic rings. The van der Waals surface area contributed by atoms with Crippen molar-refractivity contribution >= 4 is 5.91 Å². The summed E-state index contributed by atoms with van der Waals surface area (Å²) in [7, 11) is 1.64. The molecule has 0 N–H and O–H groups in total. The average Bonchev–Trinajstić information content (AvgIpc) is 2.62. The molecule has 0 bridgehead atoms. The molecular formula is C19H22N2O2. The highest BCUT2D eigenvalue weighted by molar-refractivity contribution is 5.93. The summed E-state index contributed by atoms with van der Waals surface area (Å²) in [5, 5.41) is 0. The van der Waals surface area contributed by atoms with Gasteiger partial charge in [-0.2, -0.15) is 0 Å². The molecule has 120 valence electrons. The maximum absolute atomic E-state index is 12.7. The molecule has 0 radical (unpaired) electrons. The van der Waals surface area contributed by atoms with Crippen molar-refractivity contribution in [3.05, 3.63) is 48.2 Å². The van der Waals surface area contributed by atoms with Crippen LogP contribution in [0.2, 0.25) is 0 Å². The second kappa shape index (κ2) is 6.82. The molecule has 1 aliphatic rings. The predicted octanol–water partition coefficient (Wildman–Crippen LogP) is 3.63. The van der Waals surface area contributed by atoms with Crippen molar-refractivity contribution in [2.75, 3.05) is 20.2 Å². The standard InChI is InChI=1S/C19H22N2O2/c1-14-10-12-21(13-11-14)19(22)17-8-5-7-16(20-17)15-6-3-4-9-18(15)23-2/h3-9,14H,10-13H2,1-2H3. The van der Waals surface area contributed by atoms with Gasteiger partial charge in [-0.15, -0.1) is 0 Å². The van der Waals surface area contributed by atoms with Gasteiger partial charge in [0.25, 0.3) is 5.91 Å². The van der Waals surface area contributed by atoms with E-state index < -0.39 is 0 Å². The Morgan fingerprint density at radius 3 is 2.61 bits per heavy atom. The second-order valence-electron chi connectivity index (χ2n) is 6.08. The number of hydrogen-bond acceptors (Lipinski definition) is 3. The average molecular weight is 310 g/mol. The number of methoxy groups -OCH3 is 1. The zero-order valence-electron chi connectivity index (χ0n) is 13.7. The molecule has 1 aliphatic heterocycles. The topological polar surface area (TPSA) is 42.4 Å². The van der Waals surface area contributed by atoms with Gasteiger partial charge in [0.05, 0.1) is 12.8 Å². The predicted molar refractivity (Wildman–Crippen MR) is 90.5 cm³/mol. The smallest absolute Gasteiger partial charge is 0.272 e. The second-order valence-corrected chi connectivity index (χ2v) is 6.08. The van der Waals surface area contributed by atoms with Crippen LogP contribution in [0.15, 0.2) is 42.5 Å². The number of para-hydroxylation sites is 1. The van der Waals surface area contributed by atoms with Crippen LogP contribution in [-0.4, -0.2) is 36.0 Å². The fourth-order valence-corrected chi connectivity index (χ4v) is 2.93. The number of aromatic nitrogens is 1. The summed E-state index contributed by atoms with van der Waals surface area (Å²) in [6, 6.07) is 13.3. The molecule has 0 atom stereocenters. The fourth-order valence-electron chi connectivity index (χ4n) is 2.93. The molecule has 0 saturated carbocycles. The molecule has 0 unspecified atom stereocenters. The Hall–Kier alpha value is -2.36. The van der Waals surface area contributed by atoms with Crippen LogP contribution in [0.4, 0.5) is 0 Å². The van der Waals surface area contributed by atoms with E-state index in [2.05, 4.69) is 11.9 Å². The van der Waals surface area contributed by atoms with Crippen LogP contribution in [0, 0.1) is 5.92 Å². The Morgan fingerprint density at radius 2 is 1.87 bits per heavy atom. The van der Waals surface area contributed by atoms with E-state index in [1.165, 1.54) is 0 Å². The third-order valence-electron chi connectivity index (χ3n) is 4.42. The lowest BCUT2D eigenvalue weighted by molar-refractivity contribution is 0.0691. The van der Waals surface area contributed by atoms with Crippen LogP contribution in [0.25, 0.3) is 11.3 Å². The summed E-state index contributed by atoms with van der Waals surface area (Å²) in [5.41, 5.74) is 2.17. The Labute approximate surface area is 137 Å². The van der Waals surface area contributed by atoms with E-state index in [4.69, 9.17) is 4.74 Å². The molecule has 23 heavy (non-hydrogen) atoms. The number of ether oxygens (including phenoxy) is 1. The van der Waals surface area contributed by atoms with E-state index >= 15 is 0 Å². The largest absolute Gasteiger partial charge is 0.496 e. The van der Waals surface area contributed by atoms with Crippen LogP contribution in [-0.2, 0) is 0 Å². The van der Waals surface area contributed by atoms with Gasteiger partial charge >= 0.3 is 0 Å². The van der Waals surface area contributed by atoms with E-state index in [0.29, 0.717) is 11.6 Å². The van der Waals surface area contributed by atoms with Crippen molar-refractivity contribution in [3.63, 3.8) is 0 Å². The molecule has 1 aromatic carbocycles. The minimum Gasteiger partial charge on any atom is -0.496 e. The molecule has 1 fully saturated rings. The Morgan fingerprint density at radius 1 is 1.13 bits per heavy atom. The highest BCUT2D eigenvalue weighted by Gasteiger charge is 2.22. The highest BCUT2D eigenvalue weighted by atomic mass is 16.5. The number of hydrogen-bond donors (Lipinski definition) is 0. The van der Waals surface area contributed by atoms with E-state index in [-0.39, 0.29) is 5.91 Å². The van der Waals surface area contributed by atoms with Gasteiger partial charge in [0.1, 0.15) is 11.4 Å². The molecule has 0 spiro atoms. The van der Waals surface area contributed by atoms with Crippen LogP contribution in [0.3, 0.4) is 0 Å². The van der Waals surface area contributed by atoms with Gasteiger partial charge in [0.2, 0.25) is 0 Å². The maximum Gasteiger partial charge on any atom is 0.272 e. The first-order valence-corrected chi connectivity index (χ1v) is 8.08. The Balaban J connectivity index is 1.86. The zero-order chi connectivity index (χ0) is 16.2. The molecule has 1 saturated heterocycles. The van der Waals surface area contributed by atoms with Crippen molar-refractivity contribution in [3.8, 4) is 17.0 Å². The summed E-state index contributed by atoms with van der Waals surface area (Å²) < 4.78 is 5.39. The molecule has 4 heteroatoms. The molecule has 1 aromatic heterocycles. The van der Waals surface area contributed by atoms with Crippen LogP contribution in [0.5, 0.6) is 5.75 Å². The fraction of sp³-hybridized carbons (Fsp3) is 0.368. The first kappa shape index (κ1) is 15.5. The van der Waals surface area contributed by atoms with E-state index in [9.17, 15) is 4.79 Å². The summed E-state index contributed by atoms with van der Waals surface area (Å²) in [4.78, 5) is 19.2. The third kappa shape index (κ3) is 3.36. The number of carbonyl (C=O) groups is 1. The van der Waals surface area contributed by atoms with Gasteiger partial charge in [-0.3, -0.25) is 4.79 Å². The van der Waals surface area contributed by atoms with Gasteiger partial charge < -0.3 is 9.64 Å². The van der Waals surface area contributed by atoms with Crippen molar-refractivity contribution in [1.29, 1.82) is 0 Å². The maximum atomic E-state index is 12.7. The lowest BCUT2D eigenvalue weighted by Crippen LogP contribution is -2.38. The minimum atomic E-state index is 0.0219. The van der Waals surface area contributed by atoms with Crippen LogP contribution < -0.4 is 4.74 Å². The number of carbonyl (C=O) groups excluding carboxylic acids is 1. The van der Waals surface area contributed by atoms with Crippen molar-refractivity contribution in [2.45, 2.75) is 19.8 Å².